The summed E-state index contributed by atoms with van der Waals surface area (Å²) in [7, 11) is 1.35. The summed E-state index contributed by atoms with van der Waals surface area (Å²) in [4.78, 5) is 26.4. The predicted octanol–water partition coefficient (Wildman–Crippen LogP) is 5.13. The van der Waals surface area contributed by atoms with E-state index >= 15 is 0 Å². The Hall–Kier alpha value is -2.44. The highest BCUT2D eigenvalue weighted by Gasteiger charge is 2.25. The van der Waals surface area contributed by atoms with Gasteiger partial charge in [-0.05, 0) is 30.9 Å². The van der Waals surface area contributed by atoms with Crippen molar-refractivity contribution in [2.75, 3.05) is 12.4 Å². The normalized spacial score (nSPS) is 10.5. The molecule has 0 saturated heterocycles. The molecule has 2 heterocycles. The van der Waals surface area contributed by atoms with Crippen molar-refractivity contribution in [1.29, 1.82) is 0 Å². The lowest BCUT2D eigenvalue weighted by atomic mass is 10.0. The van der Waals surface area contributed by atoms with Crippen LogP contribution in [0.1, 0.15) is 30.5 Å². The molecule has 0 radical (unpaired) electrons. The lowest BCUT2D eigenvalue weighted by Crippen LogP contribution is -2.13. The van der Waals surface area contributed by atoms with Crippen LogP contribution in [-0.4, -0.2) is 19.0 Å². The number of methoxy groups -OCH3 is 1. The van der Waals surface area contributed by atoms with Gasteiger partial charge >= 0.3 is 5.97 Å². The molecule has 6 heteroatoms. The fraction of sp³-hybridized carbons (Fsp3) is 0.158. The summed E-state index contributed by atoms with van der Waals surface area (Å²) in [5.41, 5.74) is 3.27. The fourth-order valence-electron chi connectivity index (χ4n) is 2.57. The van der Waals surface area contributed by atoms with Crippen molar-refractivity contribution in [1.82, 2.24) is 0 Å². The van der Waals surface area contributed by atoms with Gasteiger partial charge in [0.2, 0.25) is 0 Å². The van der Waals surface area contributed by atoms with Gasteiger partial charge in [-0.3, -0.25) is 4.79 Å². The third-order valence-electron chi connectivity index (χ3n) is 3.79. The van der Waals surface area contributed by atoms with Gasteiger partial charge < -0.3 is 10.1 Å². The molecule has 128 valence electrons. The van der Waals surface area contributed by atoms with Gasteiger partial charge in [0.15, 0.2) is 0 Å². The quantitative estimate of drug-likeness (QED) is 0.647. The van der Waals surface area contributed by atoms with Crippen LogP contribution in [-0.2, 0) is 4.74 Å². The fourth-order valence-corrected chi connectivity index (χ4v) is 4.25. The molecule has 0 aliphatic rings. The van der Waals surface area contributed by atoms with Crippen LogP contribution in [0.2, 0.25) is 0 Å². The molecule has 0 aliphatic heterocycles. The van der Waals surface area contributed by atoms with Gasteiger partial charge in [0.1, 0.15) is 10.6 Å². The largest absolute Gasteiger partial charge is 0.465 e. The number of benzene rings is 1. The molecule has 1 N–H and O–H groups in total. The van der Waals surface area contributed by atoms with E-state index in [9.17, 15) is 9.59 Å². The minimum Gasteiger partial charge on any atom is -0.465 e. The van der Waals surface area contributed by atoms with Crippen molar-refractivity contribution in [3.63, 3.8) is 0 Å². The molecule has 25 heavy (non-hydrogen) atoms. The molecular weight excluding hydrogens is 354 g/mol. The number of aryl methyl sites for hydroxylation is 2. The molecule has 1 amide bonds. The molecule has 0 atom stereocenters. The monoisotopic (exact) mass is 371 g/mol. The molecule has 2 aromatic heterocycles. The van der Waals surface area contributed by atoms with Crippen LogP contribution in [0.25, 0.3) is 11.1 Å². The molecule has 4 nitrogen and oxygen atoms in total. The lowest BCUT2D eigenvalue weighted by Gasteiger charge is -2.08. The van der Waals surface area contributed by atoms with Gasteiger partial charge in [-0.25, -0.2) is 4.79 Å². The maximum atomic E-state index is 12.4. The van der Waals surface area contributed by atoms with Crippen molar-refractivity contribution in [2.24, 2.45) is 0 Å². The Kier molecular flexibility index (Phi) is 5.01. The summed E-state index contributed by atoms with van der Waals surface area (Å²) >= 11 is 2.74. The maximum Gasteiger partial charge on any atom is 0.341 e. The van der Waals surface area contributed by atoms with Crippen molar-refractivity contribution in [2.45, 2.75) is 13.8 Å². The van der Waals surface area contributed by atoms with Crippen LogP contribution in [0.4, 0.5) is 5.00 Å². The molecule has 0 unspecified atom stereocenters. The maximum absolute atomic E-state index is 12.4. The number of thiophene rings is 2. The molecular formula is C19H17NO3S2. The molecule has 0 spiro atoms. The van der Waals surface area contributed by atoms with Gasteiger partial charge in [-0.1, -0.05) is 35.9 Å². The summed E-state index contributed by atoms with van der Waals surface area (Å²) in [6.07, 6.45) is 0. The first-order chi connectivity index (χ1) is 12.0. The van der Waals surface area contributed by atoms with Crippen molar-refractivity contribution >= 4 is 39.6 Å². The Bertz CT molecular complexity index is 909. The van der Waals surface area contributed by atoms with Crippen LogP contribution in [0.5, 0.6) is 0 Å². The van der Waals surface area contributed by atoms with Gasteiger partial charge in [0.25, 0.3) is 5.91 Å². The molecule has 0 bridgehead atoms. The number of rotatable bonds is 4. The van der Waals surface area contributed by atoms with Gasteiger partial charge in [-0.2, -0.15) is 0 Å². The van der Waals surface area contributed by atoms with E-state index in [2.05, 4.69) is 5.32 Å². The first-order valence-corrected chi connectivity index (χ1v) is 9.34. The van der Waals surface area contributed by atoms with Crippen molar-refractivity contribution in [3.8, 4) is 11.1 Å². The van der Waals surface area contributed by atoms with E-state index in [1.807, 2.05) is 49.6 Å². The third kappa shape index (κ3) is 3.50. The highest BCUT2D eigenvalue weighted by molar-refractivity contribution is 7.17. The number of amides is 1. The van der Waals surface area contributed by atoms with E-state index in [0.717, 1.165) is 21.6 Å². The van der Waals surface area contributed by atoms with Gasteiger partial charge in [-0.15, -0.1) is 22.7 Å². The molecule has 0 aliphatic carbocycles. The highest BCUT2D eigenvalue weighted by atomic mass is 32.1. The van der Waals surface area contributed by atoms with E-state index in [-0.39, 0.29) is 5.91 Å². The Morgan fingerprint density at radius 3 is 2.40 bits per heavy atom. The second kappa shape index (κ2) is 7.21. The second-order valence-corrected chi connectivity index (χ2v) is 7.70. The van der Waals surface area contributed by atoms with Crippen LogP contribution < -0.4 is 5.32 Å². The number of ether oxygens (including phenoxy) is 1. The Balaban J connectivity index is 2.07. The summed E-state index contributed by atoms with van der Waals surface area (Å²) < 4.78 is 4.97. The van der Waals surface area contributed by atoms with Gasteiger partial charge in [0.05, 0.1) is 12.0 Å². The predicted molar refractivity (Wildman–Crippen MR) is 103 cm³/mol. The topological polar surface area (TPSA) is 55.4 Å². The summed E-state index contributed by atoms with van der Waals surface area (Å²) in [5, 5.41) is 5.21. The molecule has 3 rings (SSSR count). The molecule has 1 aromatic carbocycles. The van der Waals surface area contributed by atoms with Crippen molar-refractivity contribution < 1.29 is 14.3 Å². The summed E-state index contributed by atoms with van der Waals surface area (Å²) in [5.74, 6) is -0.682. The number of carbonyl (C=O) groups is 2. The number of hydrogen-bond donors (Lipinski definition) is 1. The number of anilines is 1. The third-order valence-corrected chi connectivity index (χ3v) is 5.68. The Labute approximate surface area is 154 Å². The lowest BCUT2D eigenvalue weighted by molar-refractivity contribution is 0.0603. The first kappa shape index (κ1) is 17.4. The SMILES string of the molecule is COC(=O)c1c(NC(=O)c2cccs2)sc(C)c1-c1ccc(C)cc1. The number of hydrogen-bond acceptors (Lipinski definition) is 5. The van der Waals surface area contributed by atoms with Crippen LogP contribution in [0, 0.1) is 13.8 Å². The van der Waals surface area contributed by atoms with E-state index < -0.39 is 5.97 Å². The first-order valence-electron chi connectivity index (χ1n) is 7.65. The second-order valence-electron chi connectivity index (χ2n) is 5.53. The number of nitrogens with one attached hydrogen (secondary N) is 1. The molecule has 0 fully saturated rings. The number of carbonyl (C=O) groups excluding carboxylic acids is 2. The van der Waals surface area contributed by atoms with Crippen LogP contribution >= 0.6 is 22.7 Å². The van der Waals surface area contributed by atoms with Crippen molar-refractivity contribution in [3.05, 3.63) is 62.7 Å². The smallest absolute Gasteiger partial charge is 0.341 e. The van der Waals surface area contributed by atoms with E-state index in [0.29, 0.717) is 15.4 Å². The average molecular weight is 371 g/mol. The minimum atomic E-state index is -0.457. The average Bonchev–Trinajstić information content (AvgIpc) is 3.23. The molecule has 0 saturated carbocycles. The van der Waals surface area contributed by atoms with E-state index in [1.54, 1.807) is 6.07 Å². The van der Waals surface area contributed by atoms with Crippen LogP contribution in [0.3, 0.4) is 0 Å². The van der Waals surface area contributed by atoms with E-state index in [1.165, 1.54) is 29.8 Å². The summed E-state index contributed by atoms with van der Waals surface area (Å²) in [6.45, 7) is 3.95. The Morgan fingerprint density at radius 2 is 1.80 bits per heavy atom. The zero-order valence-electron chi connectivity index (χ0n) is 14.1. The number of esters is 1. The highest BCUT2D eigenvalue weighted by Crippen LogP contribution is 2.40. The summed E-state index contributed by atoms with van der Waals surface area (Å²) in [6, 6.07) is 11.5. The Morgan fingerprint density at radius 1 is 1.08 bits per heavy atom. The standard InChI is InChI=1S/C19H17NO3S2/c1-11-6-8-13(9-7-11)15-12(2)25-18(16(15)19(22)23-3)20-17(21)14-5-4-10-24-14/h4-10H,1-3H3,(H,20,21). The zero-order valence-corrected chi connectivity index (χ0v) is 15.7. The zero-order chi connectivity index (χ0) is 18.0. The van der Waals surface area contributed by atoms with Gasteiger partial charge in [0, 0.05) is 10.4 Å². The van der Waals surface area contributed by atoms with Crippen LogP contribution in [0.15, 0.2) is 41.8 Å². The molecule has 3 aromatic rings. The van der Waals surface area contributed by atoms with E-state index in [4.69, 9.17) is 4.74 Å². The minimum absolute atomic E-state index is 0.225.